The minimum absolute atomic E-state index is 0.290. The zero-order chi connectivity index (χ0) is 9.78. The van der Waals surface area contributed by atoms with Crippen LogP contribution in [0.2, 0.25) is 0 Å². The SMILES string of the molecule is CSCCN(C(=O)O)C(C)(C)C. The molecule has 12 heavy (non-hydrogen) atoms. The highest BCUT2D eigenvalue weighted by atomic mass is 32.2. The fraction of sp³-hybridized carbons (Fsp3) is 0.875. The van der Waals surface area contributed by atoms with Crippen molar-refractivity contribution in [3.63, 3.8) is 0 Å². The third kappa shape index (κ3) is 3.85. The lowest BCUT2D eigenvalue weighted by molar-refractivity contribution is 0.105. The Bertz CT molecular complexity index is 154. The van der Waals surface area contributed by atoms with Gasteiger partial charge in [-0.25, -0.2) is 4.79 Å². The van der Waals surface area contributed by atoms with Crippen molar-refractivity contribution in [2.75, 3.05) is 18.6 Å². The summed E-state index contributed by atoms with van der Waals surface area (Å²) in [6, 6.07) is 0. The Morgan fingerprint density at radius 1 is 1.50 bits per heavy atom. The molecule has 0 spiro atoms. The number of hydrogen-bond acceptors (Lipinski definition) is 2. The summed E-state index contributed by atoms with van der Waals surface area (Å²) in [5.41, 5.74) is -0.290. The molecule has 0 radical (unpaired) electrons. The van der Waals surface area contributed by atoms with Crippen molar-refractivity contribution >= 4 is 17.9 Å². The lowest BCUT2D eigenvalue weighted by Crippen LogP contribution is -2.46. The Balaban J connectivity index is 4.15. The lowest BCUT2D eigenvalue weighted by atomic mass is 10.1. The topological polar surface area (TPSA) is 40.5 Å². The minimum atomic E-state index is -0.837. The number of carboxylic acid groups (broad SMARTS) is 1. The molecule has 0 rings (SSSR count). The van der Waals surface area contributed by atoms with Gasteiger partial charge in [0, 0.05) is 17.8 Å². The third-order valence-corrected chi connectivity index (χ3v) is 2.15. The predicted molar refractivity (Wildman–Crippen MR) is 52.9 cm³/mol. The van der Waals surface area contributed by atoms with Gasteiger partial charge in [0.15, 0.2) is 0 Å². The number of carbonyl (C=O) groups is 1. The van der Waals surface area contributed by atoms with Gasteiger partial charge < -0.3 is 10.0 Å². The minimum Gasteiger partial charge on any atom is -0.465 e. The second-order valence-electron chi connectivity index (χ2n) is 3.60. The molecule has 0 aliphatic carbocycles. The molecule has 3 nitrogen and oxygen atoms in total. The van der Waals surface area contributed by atoms with Gasteiger partial charge in [-0.1, -0.05) is 0 Å². The van der Waals surface area contributed by atoms with Crippen LogP contribution in [0.4, 0.5) is 4.79 Å². The van der Waals surface area contributed by atoms with Crippen LogP contribution in [-0.2, 0) is 0 Å². The van der Waals surface area contributed by atoms with Gasteiger partial charge in [0.1, 0.15) is 0 Å². The van der Waals surface area contributed by atoms with E-state index in [9.17, 15) is 4.79 Å². The van der Waals surface area contributed by atoms with Gasteiger partial charge in [-0.05, 0) is 27.0 Å². The average Bonchev–Trinajstić information content (AvgIpc) is 1.84. The molecule has 0 aliphatic rings. The predicted octanol–water partition coefficient (Wildman–Crippen LogP) is 2.13. The largest absolute Gasteiger partial charge is 0.465 e. The summed E-state index contributed by atoms with van der Waals surface area (Å²) < 4.78 is 0. The van der Waals surface area contributed by atoms with Gasteiger partial charge in [0.25, 0.3) is 0 Å². The first-order valence-corrected chi connectivity index (χ1v) is 5.28. The molecular weight excluding hydrogens is 174 g/mol. The molecule has 0 aromatic rings. The van der Waals surface area contributed by atoms with E-state index in [1.54, 1.807) is 11.8 Å². The second kappa shape index (κ2) is 4.60. The Morgan fingerprint density at radius 3 is 2.25 bits per heavy atom. The molecule has 0 unspecified atom stereocenters. The normalized spacial score (nSPS) is 11.3. The first-order valence-electron chi connectivity index (χ1n) is 3.89. The Hall–Kier alpha value is -0.380. The highest BCUT2D eigenvalue weighted by molar-refractivity contribution is 7.98. The van der Waals surface area contributed by atoms with Crippen LogP contribution in [0.25, 0.3) is 0 Å². The zero-order valence-corrected chi connectivity index (χ0v) is 8.94. The number of hydrogen-bond donors (Lipinski definition) is 1. The van der Waals surface area contributed by atoms with E-state index >= 15 is 0 Å². The Morgan fingerprint density at radius 2 is 2.00 bits per heavy atom. The summed E-state index contributed by atoms with van der Waals surface area (Å²) >= 11 is 1.66. The van der Waals surface area contributed by atoms with Crippen molar-refractivity contribution in [1.29, 1.82) is 0 Å². The number of rotatable bonds is 3. The highest BCUT2D eigenvalue weighted by Gasteiger charge is 2.24. The van der Waals surface area contributed by atoms with Crippen LogP contribution in [0.15, 0.2) is 0 Å². The van der Waals surface area contributed by atoms with Gasteiger partial charge in [-0.3, -0.25) is 0 Å². The molecule has 0 saturated carbocycles. The maximum absolute atomic E-state index is 10.8. The van der Waals surface area contributed by atoms with Crippen LogP contribution in [0, 0.1) is 0 Å². The molecule has 0 bridgehead atoms. The van der Waals surface area contributed by atoms with Gasteiger partial charge in [0.05, 0.1) is 0 Å². The fourth-order valence-electron chi connectivity index (χ4n) is 0.901. The summed E-state index contributed by atoms with van der Waals surface area (Å²) in [6.45, 7) is 6.31. The van der Waals surface area contributed by atoms with Crippen LogP contribution < -0.4 is 0 Å². The van der Waals surface area contributed by atoms with Crippen molar-refractivity contribution in [3.05, 3.63) is 0 Å². The molecule has 72 valence electrons. The molecule has 4 heteroatoms. The van der Waals surface area contributed by atoms with Gasteiger partial charge >= 0.3 is 6.09 Å². The summed E-state index contributed by atoms with van der Waals surface area (Å²) in [5, 5.41) is 8.85. The standard InChI is InChI=1S/C8H17NO2S/c1-8(2,3)9(7(10)11)5-6-12-4/h5-6H2,1-4H3,(H,10,11). The van der Waals surface area contributed by atoms with E-state index < -0.39 is 6.09 Å². The number of thioether (sulfide) groups is 1. The quantitative estimate of drug-likeness (QED) is 0.743. The molecule has 1 amide bonds. The zero-order valence-electron chi connectivity index (χ0n) is 8.13. The summed E-state index contributed by atoms with van der Waals surface area (Å²) in [5.74, 6) is 0.851. The molecular formula is C8H17NO2S. The van der Waals surface area contributed by atoms with Crippen LogP contribution in [0.1, 0.15) is 20.8 Å². The molecule has 0 heterocycles. The van der Waals surface area contributed by atoms with E-state index in [0.717, 1.165) is 5.75 Å². The van der Waals surface area contributed by atoms with Crippen LogP contribution in [-0.4, -0.2) is 40.2 Å². The molecule has 0 atom stereocenters. The summed E-state index contributed by atoms with van der Waals surface area (Å²) in [4.78, 5) is 12.2. The fourth-order valence-corrected chi connectivity index (χ4v) is 1.27. The number of amides is 1. The van der Waals surface area contributed by atoms with E-state index in [2.05, 4.69) is 0 Å². The van der Waals surface area contributed by atoms with E-state index in [4.69, 9.17) is 5.11 Å². The van der Waals surface area contributed by atoms with Crippen molar-refractivity contribution in [1.82, 2.24) is 4.90 Å². The van der Waals surface area contributed by atoms with Gasteiger partial charge in [0.2, 0.25) is 0 Å². The molecule has 0 aromatic heterocycles. The highest BCUT2D eigenvalue weighted by Crippen LogP contribution is 2.13. The second-order valence-corrected chi connectivity index (χ2v) is 4.58. The van der Waals surface area contributed by atoms with Crippen LogP contribution >= 0.6 is 11.8 Å². The maximum atomic E-state index is 10.8. The van der Waals surface area contributed by atoms with E-state index in [0.29, 0.717) is 6.54 Å². The van der Waals surface area contributed by atoms with Crippen molar-refractivity contribution in [2.24, 2.45) is 0 Å². The molecule has 0 aromatic carbocycles. The smallest absolute Gasteiger partial charge is 0.407 e. The summed E-state index contributed by atoms with van der Waals surface area (Å²) in [7, 11) is 0. The first kappa shape index (κ1) is 11.6. The number of nitrogens with zero attached hydrogens (tertiary/aromatic N) is 1. The van der Waals surface area contributed by atoms with Gasteiger partial charge in [-0.15, -0.1) is 0 Å². The van der Waals surface area contributed by atoms with Crippen LogP contribution in [0.5, 0.6) is 0 Å². The van der Waals surface area contributed by atoms with Crippen LogP contribution in [0.3, 0.4) is 0 Å². The van der Waals surface area contributed by atoms with Crippen molar-refractivity contribution < 1.29 is 9.90 Å². The van der Waals surface area contributed by atoms with E-state index in [1.807, 2.05) is 27.0 Å². The van der Waals surface area contributed by atoms with Crippen molar-refractivity contribution in [3.8, 4) is 0 Å². The third-order valence-electron chi connectivity index (χ3n) is 1.56. The monoisotopic (exact) mass is 191 g/mol. The molecule has 0 fully saturated rings. The molecule has 1 N–H and O–H groups in total. The van der Waals surface area contributed by atoms with E-state index in [-0.39, 0.29) is 5.54 Å². The van der Waals surface area contributed by atoms with Crippen molar-refractivity contribution in [2.45, 2.75) is 26.3 Å². The average molecular weight is 191 g/mol. The molecule has 0 saturated heterocycles. The lowest BCUT2D eigenvalue weighted by Gasteiger charge is -2.32. The molecule has 0 aliphatic heterocycles. The Labute approximate surface area is 78.1 Å². The van der Waals surface area contributed by atoms with Gasteiger partial charge in [-0.2, -0.15) is 11.8 Å². The van der Waals surface area contributed by atoms with E-state index in [1.165, 1.54) is 4.90 Å². The Kier molecular flexibility index (Phi) is 4.45. The first-order chi connectivity index (χ1) is 5.39. The summed E-state index contributed by atoms with van der Waals surface area (Å²) in [6.07, 6.45) is 1.14. The maximum Gasteiger partial charge on any atom is 0.407 e.